The fourth-order valence-electron chi connectivity index (χ4n) is 2.34. The summed E-state index contributed by atoms with van der Waals surface area (Å²) < 4.78 is 4.97. The van der Waals surface area contributed by atoms with Gasteiger partial charge < -0.3 is 15.0 Å². The number of methoxy groups -OCH3 is 1. The van der Waals surface area contributed by atoms with E-state index in [2.05, 4.69) is 34.3 Å². The summed E-state index contributed by atoms with van der Waals surface area (Å²) in [4.78, 5) is 18.5. The Morgan fingerprint density at radius 2 is 2.00 bits per heavy atom. The molecular formula is C18H23N3O2. The number of pyridine rings is 1. The second kappa shape index (κ2) is 8.90. The second-order valence-electron chi connectivity index (χ2n) is 5.08. The Kier molecular flexibility index (Phi) is 6.56. The van der Waals surface area contributed by atoms with Gasteiger partial charge in [-0.1, -0.05) is 18.2 Å². The van der Waals surface area contributed by atoms with Crippen molar-refractivity contribution in [2.75, 3.05) is 31.7 Å². The molecule has 0 fully saturated rings. The van der Waals surface area contributed by atoms with Crippen LogP contribution in [0.15, 0.2) is 48.7 Å². The lowest BCUT2D eigenvalue weighted by Crippen LogP contribution is -2.26. The second-order valence-corrected chi connectivity index (χ2v) is 5.08. The molecule has 5 heteroatoms. The SMILES string of the molecule is CCN(c1ccccc1)c1ccnc(C(=O)NCCCOC)c1. The molecule has 0 unspecified atom stereocenters. The molecule has 0 aliphatic carbocycles. The highest BCUT2D eigenvalue weighted by atomic mass is 16.5. The zero-order chi connectivity index (χ0) is 16.5. The minimum atomic E-state index is -0.160. The number of hydrogen-bond acceptors (Lipinski definition) is 4. The molecular weight excluding hydrogens is 290 g/mol. The molecule has 0 aliphatic heterocycles. The summed E-state index contributed by atoms with van der Waals surface area (Å²) in [5, 5.41) is 2.86. The van der Waals surface area contributed by atoms with Crippen molar-refractivity contribution < 1.29 is 9.53 Å². The summed E-state index contributed by atoms with van der Waals surface area (Å²) in [6.45, 7) is 4.10. The van der Waals surface area contributed by atoms with Crippen molar-refractivity contribution in [2.45, 2.75) is 13.3 Å². The fraction of sp³-hybridized carbons (Fsp3) is 0.333. The molecule has 5 nitrogen and oxygen atoms in total. The van der Waals surface area contributed by atoms with Crippen LogP contribution in [0.25, 0.3) is 0 Å². The number of para-hydroxylation sites is 1. The number of rotatable bonds is 8. The fourth-order valence-corrected chi connectivity index (χ4v) is 2.34. The van der Waals surface area contributed by atoms with Gasteiger partial charge in [0.25, 0.3) is 5.91 Å². The Balaban J connectivity index is 2.10. The van der Waals surface area contributed by atoms with E-state index < -0.39 is 0 Å². The monoisotopic (exact) mass is 313 g/mol. The van der Waals surface area contributed by atoms with E-state index in [4.69, 9.17) is 4.74 Å². The van der Waals surface area contributed by atoms with Crippen LogP contribution in [-0.2, 0) is 4.74 Å². The van der Waals surface area contributed by atoms with Crippen molar-refractivity contribution in [3.05, 3.63) is 54.4 Å². The van der Waals surface area contributed by atoms with Crippen molar-refractivity contribution in [1.29, 1.82) is 0 Å². The van der Waals surface area contributed by atoms with Gasteiger partial charge in [0, 0.05) is 44.4 Å². The molecule has 2 aromatic rings. The van der Waals surface area contributed by atoms with Gasteiger partial charge in [-0.25, -0.2) is 0 Å². The van der Waals surface area contributed by atoms with E-state index in [1.807, 2.05) is 30.3 Å². The van der Waals surface area contributed by atoms with Gasteiger partial charge in [-0.05, 0) is 37.6 Å². The zero-order valence-electron chi connectivity index (χ0n) is 13.7. The van der Waals surface area contributed by atoms with E-state index in [1.165, 1.54) is 0 Å². The number of amides is 1. The maximum Gasteiger partial charge on any atom is 0.269 e. The molecule has 0 spiro atoms. The minimum absolute atomic E-state index is 0.160. The number of anilines is 2. The van der Waals surface area contributed by atoms with Crippen LogP contribution < -0.4 is 10.2 Å². The van der Waals surface area contributed by atoms with Gasteiger partial charge in [0.15, 0.2) is 0 Å². The predicted octanol–water partition coefficient (Wildman–Crippen LogP) is 3.01. The molecule has 1 aromatic carbocycles. The third kappa shape index (κ3) is 4.79. The van der Waals surface area contributed by atoms with Gasteiger partial charge in [0.05, 0.1) is 0 Å². The van der Waals surface area contributed by atoms with E-state index >= 15 is 0 Å². The van der Waals surface area contributed by atoms with Crippen molar-refractivity contribution in [3.63, 3.8) is 0 Å². The third-order valence-electron chi connectivity index (χ3n) is 3.48. The van der Waals surface area contributed by atoms with Crippen molar-refractivity contribution in [3.8, 4) is 0 Å². The summed E-state index contributed by atoms with van der Waals surface area (Å²) >= 11 is 0. The van der Waals surface area contributed by atoms with E-state index in [0.717, 1.165) is 24.3 Å². The van der Waals surface area contributed by atoms with Gasteiger partial charge in [0.2, 0.25) is 0 Å². The summed E-state index contributed by atoms with van der Waals surface area (Å²) in [5.41, 5.74) is 2.47. The lowest BCUT2D eigenvalue weighted by atomic mass is 10.2. The molecule has 2 rings (SSSR count). The van der Waals surface area contributed by atoms with Crippen LogP contribution in [0.3, 0.4) is 0 Å². The number of aromatic nitrogens is 1. The van der Waals surface area contributed by atoms with Crippen LogP contribution in [-0.4, -0.2) is 37.7 Å². The molecule has 1 heterocycles. The first kappa shape index (κ1) is 17.0. The molecule has 0 radical (unpaired) electrons. The molecule has 0 saturated carbocycles. The molecule has 0 atom stereocenters. The Morgan fingerprint density at radius 1 is 1.22 bits per heavy atom. The highest BCUT2D eigenvalue weighted by Crippen LogP contribution is 2.24. The van der Waals surface area contributed by atoms with E-state index in [1.54, 1.807) is 13.3 Å². The molecule has 0 bridgehead atoms. The van der Waals surface area contributed by atoms with E-state index in [-0.39, 0.29) is 5.91 Å². The summed E-state index contributed by atoms with van der Waals surface area (Å²) in [7, 11) is 1.65. The van der Waals surface area contributed by atoms with Crippen LogP contribution >= 0.6 is 0 Å². The van der Waals surface area contributed by atoms with Crippen molar-refractivity contribution in [2.24, 2.45) is 0 Å². The summed E-state index contributed by atoms with van der Waals surface area (Å²) in [6.07, 6.45) is 2.46. The van der Waals surface area contributed by atoms with Gasteiger partial charge in [0.1, 0.15) is 5.69 Å². The van der Waals surface area contributed by atoms with Crippen LogP contribution in [0.2, 0.25) is 0 Å². The molecule has 0 aliphatic rings. The first-order chi connectivity index (χ1) is 11.3. The van der Waals surface area contributed by atoms with Gasteiger partial charge >= 0.3 is 0 Å². The molecule has 1 aromatic heterocycles. The third-order valence-corrected chi connectivity index (χ3v) is 3.48. The Hall–Kier alpha value is -2.40. The van der Waals surface area contributed by atoms with Crippen LogP contribution in [0, 0.1) is 0 Å². The summed E-state index contributed by atoms with van der Waals surface area (Å²) in [5.74, 6) is -0.160. The molecule has 122 valence electrons. The van der Waals surface area contributed by atoms with Gasteiger partial charge in [-0.3, -0.25) is 9.78 Å². The highest BCUT2D eigenvalue weighted by Gasteiger charge is 2.11. The van der Waals surface area contributed by atoms with E-state index in [0.29, 0.717) is 18.8 Å². The number of carbonyl (C=O) groups is 1. The van der Waals surface area contributed by atoms with Crippen molar-refractivity contribution >= 4 is 17.3 Å². The van der Waals surface area contributed by atoms with Gasteiger partial charge in [-0.15, -0.1) is 0 Å². The first-order valence-corrected chi connectivity index (χ1v) is 7.82. The lowest BCUT2D eigenvalue weighted by Gasteiger charge is -2.23. The quantitative estimate of drug-likeness (QED) is 0.761. The maximum absolute atomic E-state index is 12.2. The van der Waals surface area contributed by atoms with Gasteiger partial charge in [-0.2, -0.15) is 0 Å². The normalized spacial score (nSPS) is 10.3. The smallest absolute Gasteiger partial charge is 0.269 e. The number of benzene rings is 1. The topological polar surface area (TPSA) is 54.5 Å². The molecule has 1 N–H and O–H groups in total. The predicted molar refractivity (Wildman–Crippen MR) is 92.2 cm³/mol. The Morgan fingerprint density at radius 3 is 2.70 bits per heavy atom. The van der Waals surface area contributed by atoms with Crippen LogP contribution in [0.5, 0.6) is 0 Å². The number of nitrogens with one attached hydrogen (secondary N) is 1. The molecule has 1 amide bonds. The Bertz CT molecular complexity index is 617. The number of ether oxygens (including phenoxy) is 1. The molecule has 23 heavy (non-hydrogen) atoms. The van der Waals surface area contributed by atoms with Crippen molar-refractivity contribution in [1.82, 2.24) is 10.3 Å². The lowest BCUT2D eigenvalue weighted by molar-refractivity contribution is 0.0943. The number of hydrogen-bond donors (Lipinski definition) is 1. The standard InChI is InChI=1S/C18H23N3O2/c1-3-21(15-8-5-4-6-9-15)16-10-12-19-17(14-16)18(22)20-11-7-13-23-2/h4-6,8-10,12,14H,3,7,11,13H2,1-2H3,(H,20,22). The number of carbonyl (C=O) groups excluding carboxylic acids is 1. The summed E-state index contributed by atoms with van der Waals surface area (Å²) in [6, 6.07) is 13.8. The zero-order valence-corrected chi connectivity index (χ0v) is 13.7. The minimum Gasteiger partial charge on any atom is -0.385 e. The average Bonchev–Trinajstić information content (AvgIpc) is 2.60. The maximum atomic E-state index is 12.2. The van der Waals surface area contributed by atoms with Crippen LogP contribution in [0.4, 0.5) is 11.4 Å². The molecule has 0 saturated heterocycles. The first-order valence-electron chi connectivity index (χ1n) is 7.82. The Labute approximate surface area is 137 Å². The number of nitrogens with zero attached hydrogens (tertiary/aromatic N) is 2. The highest BCUT2D eigenvalue weighted by molar-refractivity contribution is 5.93. The van der Waals surface area contributed by atoms with E-state index in [9.17, 15) is 4.79 Å². The van der Waals surface area contributed by atoms with Crippen LogP contribution in [0.1, 0.15) is 23.8 Å². The largest absolute Gasteiger partial charge is 0.385 e. The average molecular weight is 313 g/mol.